The van der Waals surface area contributed by atoms with E-state index in [0.717, 1.165) is 37.7 Å². The van der Waals surface area contributed by atoms with Crippen LogP contribution >= 0.6 is 0 Å². The van der Waals surface area contributed by atoms with Gasteiger partial charge in [-0.05, 0) is 61.6 Å². The zero-order valence-corrected chi connectivity index (χ0v) is 19.2. The average molecular weight is 438 g/mol. The quantitative estimate of drug-likeness (QED) is 0.465. The molecule has 172 valence electrons. The van der Waals surface area contributed by atoms with Gasteiger partial charge in [0.15, 0.2) is 12.6 Å². The van der Waals surface area contributed by atoms with E-state index in [9.17, 15) is 4.79 Å². The number of piperidine rings is 1. The molecule has 0 atom stereocenters. The van der Waals surface area contributed by atoms with Gasteiger partial charge in [0.1, 0.15) is 5.75 Å². The van der Waals surface area contributed by atoms with Crippen LogP contribution in [0.15, 0.2) is 53.5 Å². The van der Waals surface area contributed by atoms with Gasteiger partial charge < -0.3 is 25.6 Å². The molecule has 0 aliphatic carbocycles. The number of rotatable bonds is 9. The van der Waals surface area contributed by atoms with Crippen molar-refractivity contribution < 1.29 is 9.53 Å². The van der Waals surface area contributed by atoms with Crippen molar-refractivity contribution in [1.29, 1.82) is 0 Å². The molecule has 7 heteroatoms. The number of carbonyl (C=O) groups is 1. The molecule has 3 N–H and O–H groups in total. The third-order valence-corrected chi connectivity index (χ3v) is 5.46. The molecule has 1 fully saturated rings. The second-order valence-corrected chi connectivity index (χ2v) is 8.14. The van der Waals surface area contributed by atoms with Crippen LogP contribution in [0.1, 0.15) is 37.3 Å². The van der Waals surface area contributed by atoms with Crippen molar-refractivity contribution in [1.82, 2.24) is 10.2 Å². The summed E-state index contributed by atoms with van der Waals surface area (Å²) in [6.07, 6.45) is 3.91. The molecule has 1 aliphatic rings. The van der Waals surface area contributed by atoms with Crippen LogP contribution in [-0.4, -0.2) is 50.1 Å². The Hall–Kier alpha value is -3.22. The van der Waals surface area contributed by atoms with Crippen LogP contribution in [0, 0.1) is 0 Å². The molecule has 2 aromatic rings. The largest absolute Gasteiger partial charge is 0.484 e. The molecule has 0 unspecified atom stereocenters. The van der Waals surface area contributed by atoms with Gasteiger partial charge in [0, 0.05) is 38.9 Å². The highest BCUT2D eigenvalue weighted by atomic mass is 16.5. The first-order valence-corrected chi connectivity index (χ1v) is 11.4. The number of primary amides is 1. The second kappa shape index (κ2) is 12.0. The molecule has 32 heavy (non-hydrogen) atoms. The zero-order valence-electron chi connectivity index (χ0n) is 19.2. The van der Waals surface area contributed by atoms with Crippen LogP contribution < -0.4 is 20.7 Å². The fourth-order valence-electron chi connectivity index (χ4n) is 3.84. The number of aliphatic imine (C=N–C) groups is 1. The van der Waals surface area contributed by atoms with Gasteiger partial charge in [-0.1, -0.05) is 24.3 Å². The van der Waals surface area contributed by atoms with Crippen LogP contribution in [0.3, 0.4) is 0 Å². The molecule has 1 aliphatic heterocycles. The summed E-state index contributed by atoms with van der Waals surface area (Å²) < 4.78 is 5.39. The van der Waals surface area contributed by atoms with E-state index in [1.54, 1.807) is 6.07 Å². The minimum atomic E-state index is -0.492. The summed E-state index contributed by atoms with van der Waals surface area (Å²) in [4.78, 5) is 20.3. The predicted octanol–water partition coefficient (Wildman–Crippen LogP) is 3.14. The Morgan fingerprint density at radius 2 is 1.88 bits per heavy atom. The fraction of sp³-hybridized carbons (Fsp3) is 0.440. The van der Waals surface area contributed by atoms with Gasteiger partial charge in [-0.2, -0.15) is 0 Å². The Morgan fingerprint density at radius 1 is 1.12 bits per heavy atom. The summed E-state index contributed by atoms with van der Waals surface area (Å²) in [5.74, 6) is 0.966. The number of ether oxygens (including phenoxy) is 1. The predicted molar refractivity (Wildman–Crippen MR) is 130 cm³/mol. The Morgan fingerprint density at radius 3 is 2.56 bits per heavy atom. The van der Waals surface area contributed by atoms with E-state index >= 15 is 0 Å². The molecule has 3 rings (SSSR count). The van der Waals surface area contributed by atoms with E-state index in [0.29, 0.717) is 12.3 Å². The smallest absolute Gasteiger partial charge is 0.255 e. The van der Waals surface area contributed by atoms with Gasteiger partial charge in [0.25, 0.3) is 5.91 Å². The number of hydrogen-bond donors (Lipinski definition) is 2. The summed E-state index contributed by atoms with van der Waals surface area (Å²) in [6, 6.07) is 16.5. The number of nitrogens with two attached hydrogens (primary N) is 1. The van der Waals surface area contributed by atoms with Crippen molar-refractivity contribution in [3.05, 3.63) is 59.7 Å². The first kappa shape index (κ1) is 23.4. The maximum absolute atomic E-state index is 10.9. The lowest BCUT2D eigenvalue weighted by atomic mass is 10.1. The third-order valence-electron chi connectivity index (χ3n) is 5.46. The highest BCUT2D eigenvalue weighted by Gasteiger charge is 2.12. The van der Waals surface area contributed by atoms with Gasteiger partial charge in [0.2, 0.25) is 0 Å². The summed E-state index contributed by atoms with van der Waals surface area (Å²) in [5.41, 5.74) is 8.72. The highest BCUT2D eigenvalue weighted by molar-refractivity contribution is 5.79. The van der Waals surface area contributed by atoms with E-state index in [1.807, 2.05) is 25.2 Å². The second-order valence-electron chi connectivity index (χ2n) is 8.14. The van der Waals surface area contributed by atoms with E-state index in [4.69, 9.17) is 15.5 Å². The van der Waals surface area contributed by atoms with Gasteiger partial charge in [-0.25, -0.2) is 4.99 Å². The maximum Gasteiger partial charge on any atom is 0.255 e. The standard InChI is InChI=1S/C25H35N5O2/c1-3-27-25(28-17-21-8-7-9-23(16-21)32-19-24(26)31)29(2)18-20-10-12-22(13-11-20)30-14-5-4-6-15-30/h7-13,16H,3-6,14-15,17-19H2,1-2H3,(H2,26,31)(H,27,28). The summed E-state index contributed by atoms with van der Waals surface area (Å²) in [5, 5.41) is 3.37. The monoisotopic (exact) mass is 437 g/mol. The van der Waals surface area contributed by atoms with Gasteiger partial charge in [-0.3, -0.25) is 4.79 Å². The minimum absolute atomic E-state index is 0.130. The molecule has 0 bridgehead atoms. The van der Waals surface area contributed by atoms with Crippen molar-refractivity contribution in [2.45, 2.75) is 39.3 Å². The number of carbonyl (C=O) groups excluding carboxylic acids is 1. The van der Waals surface area contributed by atoms with E-state index in [2.05, 4.69) is 46.3 Å². The van der Waals surface area contributed by atoms with Crippen molar-refractivity contribution >= 4 is 17.6 Å². The fourth-order valence-corrected chi connectivity index (χ4v) is 3.84. The lowest BCUT2D eigenvalue weighted by Gasteiger charge is -2.29. The zero-order chi connectivity index (χ0) is 22.8. The molecule has 1 amide bonds. The summed E-state index contributed by atoms with van der Waals surface area (Å²) >= 11 is 0. The summed E-state index contributed by atoms with van der Waals surface area (Å²) in [6.45, 7) is 6.32. The Kier molecular flexibility index (Phi) is 8.78. The lowest BCUT2D eigenvalue weighted by molar-refractivity contribution is -0.119. The van der Waals surface area contributed by atoms with Gasteiger partial charge in [-0.15, -0.1) is 0 Å². The third kappa shape index (κ3) is 7.18. The Bertz CT molecular complexity index is 891. The number of guanidine groups is 1. The Balaban J connectivity index is 1.61. The van der Waals surface area contributed by atoms with Crippen LogP contribution in [0.5, 0.6) is 5.75 Å². The van der Waals surface area contributed by atoms with E-state index < -0.39 is 5.91 Å². The first-order valence-electron chi connectivity index (χ1n) is 11.4. The Labute approximate surface area is 191 Å². The van der Waals surface area contributed by atoms with Crippen molar-refractivity contribution in [2.75, 3.05) is 38.2 Å². The lowest BCUT2D eigenvalue weighted by Crippen LogP contribution is -2.38. The van der Waals surface area contributed by atoms with Crippen LogP contribution in [0.4, 0.5) is 5.69 Å². The van der Waals surface area contributed by atoms with Crippen LogP contribution in [0.2, 0.25) is 0 Å². The van der Waals surface area contributed by atoms with Gasteiger partial charge >= 0.3 is 0 Å². The number of hydrogen-bond acceptors (Lipinski definition) is 4. The van der Waals surface area contributed by atoms with Crippen molar-refractivity contribution in [2.24, 2.45) is 10.7 Å². The minimum Gasteiger partial charge on any atom is -0.484 e. The number of nitrogens with zero attached hydrogens (tertiary/aromatic N) is 3. The highest BCUT2D eigenvalue weighted by Crippen LogP contribution is 2.20. The summed E-state index contributed by atoms with van der Waals surface area (Å²) in [7, 11) is 2.05. The molecule has 7 nitrogen and oxygen atoms in total. The van der Waals surface area contributed by atoms with Crippen LogP contribution in [-0.2, 0) is 17.9 Å². The molecule has 0 radical (unpaired) electrons. The molecule has 2 aromatic carbocycles. The maximum atomic E-state index is 10.9. The van der Waals surface area contributed by atoms with Gasteiger partial charge in [0.05, 0.1) is 6.54 Å². The van der Waals surface area contributed by atoms with E-state index in [-0.39, 0.29) is 6.61 Å². The van der Waals surface area contributed by atoms with Crippen LogP contribution in [0.25, 0.3) is 0 Å². The normalized spacial score (nSPS) is 14.2. The SMILES string of the molecule is CCNC(=NCc1cccc(OCC(N)=O)c1)N(C)Cc1ccc(N2CCCCC2)cc1. The number of amides is 1. The first-order chi connectivity index (χ1) is 15.5. The molecule has 0 aromatic heterocycles. The number of anilines is 1. The van der Waals surface area contributed by atoms with E-state index in [1.165, 1.54) is 30.5 Å². The topological polar surface area (TPSA) is 83.2 Å². The molecular weight excluding hydrogens is 402 g/mol. The number of nitrogens with one attached hydrogen (secondary N) is 1. The molecular formula is C25H35N5O2. The average Bonchev–Trinajstić information content (AvgIpc) is 2.81. The molecule has 0 spiro atoms. The number of benzene rings is 2. The molecule has 1 saturated heterocycles. The molecule has 0 saturated carbocycles. The van der Waals surface area contributed by atoms with Crippen molar-refractivity contribution in [3.63, 3.8) is 0 Å². The van der Waals surface area contributed by atoms with Crippen molar-refractivity contribution in [3.8, 4) is 5.75 Å². The molecule has 1 heterocycles.